The minimum absolute atomic E-state index is 0.0730. The lowest BCUT2D eigenvalue weighted by molar-refractivity contribution is -0.116. The monoisotopic (exact) mass is 353 g/mol. The van der Waals surface area contributed by atoms with Crippen molar-refractivity contribution >= 4 is 16.7 Å². The van der Waals surface area contributed by atoms with E-state index in [0.717, 1.165) is 22.2 Å². The maximum Gasteiger partial charge on any atom is 0.186 e. The molecule has 0 saturated carbocycles. The smallest absolute Gasteiger partial charge is 0.186 e. The molecule has 2 aromatic carbocycles. The number of hydrogen-bond donors (Lipinski definition) is 2. The number of rotatable bonds is 7. The molecule has 5 heteroatoms. The molecule has 3 aromatic rings. The SMILES string of the molecule is CC(=O)Cc1c(C)n(Cc2ccccc2)c2cccc(OCC(O)O)c12. The number of hydrogen-bond acceptors (Lipinski definition) is 4. The summed E-state index contributed by atoms with van der Waals surface area (Å²) in [5, 5.41) is 19.1. The van der Waals surface area contributed by atoms with Gasteiger partial charge < -0.3 is 19.5 Å². The number of fused-ring (bicyclic) bond motifs is 1. The summed E-state index contributed by atoms with van der Waals surface area (Å²) in [5.74, 6) is 0.630. The minimum atomic E-state index is -1.55. The first-order chi connectivity index (χ1) is 12.5. The van der Waals surface area contributed by atoms with Gasteiger partial charge in [0.25, 0.3) is 0 Å². The average molecular weight is 353 g/mol. The van der Waals surface area contributed by atoms with Crippen molar-refractivity contribution in [3.05, 3.63) is 65.4 Å². The van der Waals surface area contributed by atoms with Gasteiger partial charge in [0.1, 0.15) is 18.1 Å². The Morgan fingerprint density at radius 1 is 1.12 bits per heavy atom. The van der Waals surface area contributed by atoms with Crippen molar-refractivity contribution in [2.75, 3.05) is 6.61 Å². The number of carbonyl (C=O) groups is 1. The van der Waals surface area contributed by atoms with Crippen LogP contribution in [0, 0.1) is 6.92 Å². The van der Waals surface area contributed by atoms with E-state index < -0.39 is 6.29 Å². The highest BCUT2D eigenvalue weighted by molar-refractivity contribution is 5.95. The summed E-state index contributed by atoms with van der Waals surface area (Å²) in [6.07, 6.45) is -1.24. The number of ketones is 1. The van der Waals surface area contributed by atoms with Gasteiger partial charge in [0.05, 0.1) is 5.52 Å². The zero-order valence-electron chi connectivity index (χ0n) is 15.0. The Morgan fingerprint density at radius 3 is 2.50 bits per heavy atom. The van der Waals surface area contributed by atoms with Crippen molar-refractivity contribution in [2.45, 2.75) is 33.1 Å². The number of carbonyl (C=O) groups excluding carboxylic acids is 1. The zero-order valence-corrected chi connectivity index (χ0v) is 15.0. The van der Waals surface area contributed by atoms with Crippen molar-refractivity contribution < 1.29 is 19.7 Å². The van der Waals surface area contributed by atoms with E-state index in [1.807, 2.05) is 37.3 Å². The summed E-state index contributed by atoms with van der Waals surface area (Å²) >= 11 is 0. The Balaban J connectivity index is 2.14. The van der Waals surface area contributed by atoms with E-state index in [4.69, 9.17) is 14.9 Å². The van der Waals surface area contributed by atoms with Gasteiger partial charge in [0.2, 0.25) is 0 Å². The van der Waals surface area contributed by atoms with Gasteiger partial charge in [-0.15, -0.1) is 0 Å². The van der Waals surface area contributed by atoms with E-state index >= 15 is 0 Å². The van der Waals surface area contributed by atoms with Gasteiger partial charge >= 0.3 is 0 Å². The molecule has 0 saturated heterocycles. The number of nitrogens with zero attached hydrogens (tertiary/aromatic N) is 1. The van der Waals surface area contributed by atoms with Gasteiger partial charge in [-0.3, -0.25) is 4.79 Å². The second kappa shape index (κ2) is 7.72. The maximum atomic E-state index is 11.8. The Morgan fingerprint density at radius 2 is 1.85 bits per heavy atom. The fourth-order valence-electron chi connectivity index (χ4n) is 3.29. The predicted molar refractivity (Wildman–Crippen MR) is 100 cm³/mol. The summed E-state index contributed by atoms with van der Waals surface area (Å²) in [4.78, 5) is 11.8. The van der Waals surface area contributed by atoms with Crippen molar-refractivity contribution in [2.24, 2.45) is 0 Å². The van der Waals surface area contributed by atoms with Gasteiger partial charge in [-0.25, -0.2) is 0 Å². The molecule has 26 heavy (non-hydrogen) atoms. The first kappa shape index (κ1) is 18.2. The van der Waals surface area contributed by atoms with Crippen molar-refractivity contribution in [3.8, 4) is 5.75 Å². The van der Waals surface area contributed by atoms with E-state index in [1.165, 1.54) is 5.56 Å². The van der Waals surface area contributed by atoms with Crippen LogP contribution in [0.4, 0.5) is 0 Å². The number of aliphatic hydroxyl groups is 2. The Hall–Kier alpha value is -2.63. The Kier molecular flexibility index (Phi) is 5.40. The van der Waals surface area contributed by atoms with E-state index in [1.54, 1.807) is 13.0 Å². The van der Waals surface area contributed by atoms with Crippen LogP contribution in [-0.2, 0) is 17.8 Å². The molecular formula is C21H23NO4. The molecule has 0 radical (unpaired) electrons. The number of aromatic nitrogens is 1. The normalized spacial score (nSPS) is 11.3. The van der Waals surface area contributed by atoms with Gasteiger partial charge in [0.15, 0.2) is 6.29 Å². The number of ether oxygens (including phenoxy) is 1. The number of aliphatic hydroxyl groups excluding tert-OH is 1. The standard InChI is InChI=1S/C21H23NO4/c1-14(23)11-17-15(2)22(12-16-7-4-3-5-8-16)18-9-6-10-19(21(17)18)26-13-20(24)25/h3-10,20,24-25H,11-13H2,1-2H3. The van der Waals surface area contributed by atoms with Crippen molar-refractivity contribution in [3.63, 3.8) is 0 Å². The Labute approximate surface area is 152 Å². The summed E-state index contributed by atoms with van der Waals surface area (Å²) in [6, 6.07) is 15.8. The molecule has 5 nitrogen and oxygen atoms in total. The highest BCUT2D eigenvalue weighted by Gasteiger charge is 2.19. The van der Waals surface area contributed by atoms with E-state index in [0.29, 0.717) is 18.7 Å². The first-order valence-electron chi connectivity index (χ1n) is 8.60. The second-order valence-corrected chi connectivity index (χ2v) is 6.46. The van der Waals surface area contributed by atoms with Gasteiger partial charge in [0, 0.05) is 24.0 Å². The fraction of sp³-hybridized carbons (Fsp3) is 0.286. The largest absolute Gasteiger partial charge is 0.488 e. The average Bonchev–Trinajstić information content (AvgIpc) is 2.86. The first-order valence-corrected chi connectivity index (χ1v) is 8.60. The van der Waals surface area contributed by atoms with Crippen molar-refractivity contribution in [1.82, 2.24) is 4.57 Å². The molecular weight excluding hydrogens is 330 g/mol. The van der Waals surface area contributed by atoms with Crippen LogP contribution < -0.4 is 4.74 Å². The molecule has 0 aliphatic heterocycles. The van der Waals surface area contributed by atoms with Crippen molar-refractivity contribution in [1.29, 1.82) is 0 Å². The van der Waals surface area contributed by atoms with Gasteiger partial charge in [-0.2, -0.15) is 0 Å². The van der Waals surface area contributed by atoms with Crippen LogP contribution in [0.5, 0.6) is 5.75 Å². The number of benzene rings is 2. The topological polar surface area (TPSA) is 71.7 Å². The minimum Gasteiger partial charge on any atom is -0.488 e. The quantitative estimate of drug-likeness (QED) is 0.641. The molecule has 0 unspecified atom stereocenters. The zero-order chi connectivity index (χ0) is 18.7. The molecule has 0 amide bonds. The predicted octanol–water partition coefficient (Wildman–Crippen LogP) is 2.82. The lowest BCUT2D eigenvalue weighted by Gasteiger charge is -2.11. The van der Waals surface area contributed by atoms with Crippen LogP contribution in [0.25, 0.3) is 10.9 Å². The molecule has 3 rings (SSSR count). The molecule has 0 atom stereocenters. The molecule has 0 spiro atoms. The molecule has 0 aliphatic rings. The molecule has 0 bridgehead atoms. The molecule has 0 fully saturated rings. The van der Waals surface area contributed by atoms with E-state index in [9.17, 15) is 4.79 Å². The van der Waals surface area contributed by atoms with E-state index in [2.05, 4.69) is 16.7 Å². The summed E-state index contributed by atoms with van der Waals surface area (Å²) < 4.78 is 7.77. The molecule has 2 N–H and O–H groups in total. The van der Waals surface area contributed by atoms with Gasteiger partial charge in [-0.1, -0.05) is 36.4 Å². The van der Waals surface area contributed by atoms with Crippen LogP contribution in [-0.4, -0.2) is 33.5 Å². The van der Waals surface area contributed by atoms with E-state index in [-0.39, 0.29) is 12.4 Å². The fourth-order valence-corrected chi connectivity index (χ4v) is 3.29. The Bertz CT molecular complexity index is 913. The highest BCUT2D eigenvalue weighted by Crippen LogP contribution is 2.34. The van der Waals surface area contributed by atoms with Crippen LogP contribution in [0.3, 0.4) is 0 Å². The molecule has 1 heterocycles. The lowest BCUT2D eigenvalue weighted by atomic mass is 10.0. The highest BCUT2D eigenvalue weighted by atomic mass is 16.5. The third-order valence-corrected chi connectivity index (χ3v) is 4.44. The van der Waals surface area contributed by atoms with Crippen LogP contribution in [0.2, 0.25) is 0 Å². The number of Topliss-reactive ketones (excluding diaryl/α,β-unsaturated/α-hetero) is 1. The summed E-state index contributed by atoms with van der Waals surface area (Å²) in [7, 11) is 0. The third kappa shape index (κ3) is 3.79. The van der Waals surface area contributed by atoms with Crippen LogP contribution in [0.15, 0.2) is 48.5 Å². The molecule has 0 aliphatic carbocycles. The third-order valence-electron chi connectivity index (χ3n) is 4.44. The van der Waals surface area contributed by atoms with Gasteiger partial charge in [-0.05, 0) is 37.1 Å². The molecule has 136 valence electrons. The summed E-state index contributed by atoms with van der Waals surface area (Å²) in [5.41, 5.74) is 4.07. The summed E-state index contributed by atoms with van der Waals surface area (Å²) in [6.45, 7) is 4.04. The van der Waals surface area contributed by atoms with Crippen LogP contribution in [0.1, 0.15) is 23.7 Å². The van der Waals surface area contributed by atoms with Crippen LogP contribution >= 0.6 is 0 Å². The lowest BCUT2D eigenvalue weighted by Crippen LogP contribution is -2.16. The molecule has 1 aromatic heterocycles. The second-order valence-electron chi connectivity index (χ2n) is 6.46. The maximum absolute atomic E-state index is 11.8.